The highest BCUT2D eigenvalue weighted by Gasteiger charge is 2.12. The molecule has 1 unspecified atom stereocenters. The second kappa shape index (κ2) is 7.70. The summed E-state index contributed by atoms with van der Waals surface area (Å²) in [6.07, 6.45) is -0.983. The van der Waals surface area contributed by atoms with Gasteiger partial charge in [0.1, 0.15) is 12.7 Å². The Bertz CT molecular complexity index is 286. The van der Waals surface area contributed by atoms with Gasteiger partial charge in [-0.1, -0.05) is 20.4 Å². The quantitative estimate of drug-likeness (QED) is 0.571. The highest BCUT2D eigenvalue weighted by Crippen LogP contribution is 1.98. The average Bonchev–Trinajstić information content (AvgIpc) is 2.22. The maximum Gasteiger partial charge on any atom is 0.407 e. The molecular formula is C12H21NO4. The number of hydrogen-bond acceptors (Lipinski definition) is 4. The molecule has 17 heavy (non-hydrogen) atoms. The highest BCUT2D eigenvalue weighted by atomic mass is 16.6. The van der Waals surface area contributed by atoms with Gasteiger partial charge in [-0.25, -0.2) is 9.59 Å². The lowest BCUT2D eigenvalue weighted by Gasteiger charge is -2.14. The number of hydrogen-bond donors (Lipinski definition) is 1. The van der Waals surface area contributed by atoms with E-state index in [4.69, 9.17) is 9.47 Å². The van der Waals surface area contributed by atoms with Crippen molar-refractivity contribution < 1.29 is 19.1 Å². The smallest absolute Gasteiger partial charge is 0.407 e. The molecular weight excluding hydrogens is 222 g/mol. The summed E-state index contributed by atoms with van der Waals surface area (Å²) < 4.78 is 9.82. The molecule has 5 nitrogen and oxygen atoms in total. The minimum atomic E-state index is -0.502. The topological polar surface area (TPSA) is 64.6 Å². The van der Waals surface area contributed by atoms with Crippen molar-refractivity contribution in [1.82, 2.24) is 5.32 Å². The number of esters is 1. The third-order valence-electron chi connectivity index (χ3n) is 1.76. The van der Waals surface area contributed by atoms with Gasteiger partial charge in [0.25, 0.3) is 0 Å². The molecule has 5 heteroatoms. The van der Waals surface area contributed by atoms with Crippen LogP contribution >= 0.6 is 0 Å². The molecule has 0 spiro atoms. The van der Waals surface area contributed by atoms with E-state index in [1.165, 1.54) is 0 Å². The fraction of sp³-hybridized carbons (Fsp3) is 0.667. The maximum absolute atomic E-state index is 11.2. The summed E-state index contributed by atoms with van der Waals surface area (Å²) in [7, 11) is 0. The summed E-state index contributed by atoms with van der Waals surface area (Å²) in [6, 6.07) is 0. The van der Waals surface area contributed by atoms with Crippen LogP contribution in [0.2, 0.25) is 0 Å². The summed E-state index contributed by atoms with van der Waals surface area (Å²) in [4.78, 5) is 22.3. The van der Waals surface area contributed by atoms with Crippen molar-refractivity contribution in [2.75, 3.05) is 13.2 Å². The highest BCUT2D eigenvalue weighted by molar-refractivity contribution is 5.86. The van der Waals surface area contributed by atoms with Crippen molar-refractivity contribution in [3.63, 3.8) is 0 Å². The van der Waals surface area contributed by atoms with Gasteiger partial charge in [0.15, 0.2) is 0 Å². The van der Waals surface area contributed by atoms with Crippen LogP contribution in [0.4, 0.5) is 4.79 Å². The number of rotatable bonds is 6. The normalized spacial score (nSPS) is 11.8. The predicted octanol–water partition coefficient (Wildman–Crippen LogP) is 1.88. The fourth-order valence-electron chi connectivity index (χ4n) is 0.862. The Kier molecular flexibility index (Phi) is 7.02. The first kappa shape index (κ1) is 15.5. The van der Waals surface area contributed by atoms with Crippen molar-refractivity contribution in [3.8, 4) is 0 Å². The lowest BCUT2D eigenvalue weighted by molar-refractivity contribution is -0.141. The molecule has 1 amide bonds. The van der Waals surface area contributed by atoms with Crippen LogP contribution in [-0.4, -0.2) is 31.3 Å². The summed E-state index contributed by atoms with van der Waals surface area (Å²) >= 11 is 0. The Hall–Kier alpha value is -1.52. The molecule has 0 aromatic rings. The van der Waals surface area contributed by atoms with E-state index in [0.717, 1.165) is 0 Å². The predicted molar refractivity (Wildman–Crippen MR) is 64.6 cm³/mol. The SMILES string of the molecule is C=C(C)C(=O)OCC(C)OC(=O)NCC(C)C. The van der Waals surface area contributed by atoms with Crippen LogP contribution in [0.3, 0.4) is 0 Å². The van der Waals surface area contributed by atoms with Crippen LogP contribution in [-0.2, 0) is 14.3 Å². The van der Waals surface area contributed by atoms with Crippen LogP contribution in [0.25, 0.3) is 0 Å². The van der Waals surface area contributed by atoms with E-state index in [2.05, 4.69) is 11.9 Å². The molecule has 0 radical (unpaired) electrons. The number of carbonyl (C=O) groups excluding carboxylic acids is 2. The van der Waals surface area contributed by atoms with Gasteiger partial charge in [-0.05, 0) is 19.8 Å². The molecule has 0 fully saturated rings. The van der Waals surface area contributed by atoms with Crippen molar-refractivity contribution >= 4 is 12.1 Å². The van der Waals surface area contributed by atoms with Gasteiger partial charge in [-0.3, -0.25) is 0 Å². The number of ether oxygens (including phenoxy) is 2. The molecule has 0 saturated carbocycles. The van der Waals surface area contributed by atoms with Crippen LogP contribution in [0, 0.1) is 5.92 Å². The molecule has 0 bridgehead atoms. The third-order valence-corrected chi connectivity index (χ3v) is 1.76. The Morgan fingerprint density at radius 1 is 1.29 bits per heavy atom. The molecule has 0 aromatic heterocycles. The van der Waals surface area contributed by atoms with Crippen molar-refractivity contribution in [2.45, 2.75) is 33.8 Å². The zero-order valence-corrected chi connectivity index (χ0v) is 10.9. The first-order valence-corrected chi connectivity index (χ1v) is 5.60. The van der Waals surface area contributed by atoms with Gasteiger partial charge in [0, 0.05) is 12.1 Å². The van der Waals surface area contributed by atoms with Gasteiger partial charge in [0.05, 0.1) is 0 Å². The zero-order chi connectivity index (χ0) is 13.4. The lowest BCUT2D eigenvalue weighted by Crippen LogP contribution is -2.32. The van der Waals surface area contributed by atoms with E-state index >= 15 is 0 Å². The summed E-state index contributed by atoms with van der Waals surface area (Å²) in [5.74, 6) is -0.123. The van der Waals surface area contributed by atoms with E-state index in [-0.39, 0.29) is 6.61 Å². The van der Waals surface area contributed by atoms with Gasteiger partial charge in [-0.15, -0.1) is 0 Å². The molecule has 0 rings (SSSR count). The Labute approximate surface area is 102 Å². The summed E-state index contributed by atoms with van der Waals surface area (Å²) in [5, 5.41) is 2.60. The van der Waals surface area contributed by atoms with Crippen molar-refractivity contribution in [1.29, 1.82) is 0 Å². The fourth-order valence-corrected chi connectivity index (χ4v) is 0.862. The van der Waals surface area contributed by atoms with Gasteiger partial charge >= 0.3 is 12.1 Å². The lowest BCUT2D eigenvalue weighted by atomic mass is 10.2. The minimum Gasteiger partial charge on any atom is -0.458 e. The monoisotopic (exact) mass is 243 g/mol. The van der Waals surface area contributed by atoms with Gasteiger partial charge < -0.3 is 14.8 Å². The van der Waals surface area contributed by atoms with Gasteiger partial charge in [0.2, 0.25) is 0 Å². The molecule has 1 atom stereocenters. The first-order valence-electron chi connectivity index (χ1n) is 5.60. The van der Waals surface area contributed by atoms with Crippen LogP contribution in [0.15, 0.2) is 12.2 Å². The van der Waals surface area contributed by atoms with E-state index in [1.54, 1.807) is 13.8 Å². The van der Waals surface area contributed by atoms with E-state index in [0.29, 0.717) is 18.0 Å². The minimum absolute atomic E-state index is 0.0286. The van der Waals surface area contributed by atoms with E-state index in [9.17, 15) is 9.59 Å². The second-order valence-electron chi connectivity index (χ2n) is 4.37. The molecule has 0 heterocycles. The molecule has 98 valence electrons. The number of amides is 1. The van der Waals surface area contributed by atoms with Crippen molar-refractivity contribution in [2.24, 2.45) is 5.92 Å². The van der Waals surface area contributed by atoms with E-state index < -0.39 is 18.2 Å². The Balaban J connectivity index is 3.78. The second-order valence-corrected chi connectivity index (χ2v) is 4.37. The van der Waals surface area contributed by atoms with Crippen LogP contribution in [0.1, 0.15) is 27.7 Å². The number of nitrogens with one attached hydrogen (secondary N) is 1. The molecule has 0 aliphatic carbocycles. The van der Waals surface area contributed by atoms with Gasteiger partial charge in [-0.2, -0.15) is 0 Å². The molecule has 0 aliphatic heterocycles. The standard InChI is InChI=1S/C12H21NO4/c1-8(2)6-13-12(15)17-10(5)7-16-11(14)9(3)4/h8,10H,3,6-7H2,1-2,4-5H3,(H,13,15). The number of carbonyl (C=O) groups is 2. The molecule has 0 aliphatic rings. The van der Waals surface area contributed by atoms with Crippen molar-refractivity contribution in [3.05, 3.63) is 12.2 Å². The Morgan fingerprint density at radius 3 is 2.35 bits per heavy atom. The largest absolute Gasteiger partial charge is 0.458 e. The van der Waals surface area contributed by atoms with E-state index in [1.807, 2.05) is 13.8 Å². The first-order chi connectivity index (χ1) is 7.82. The summed E-state index contributed by atoms with van der Waals surface area (Å²) in [5.41, 5.74) is 0.321. The average molecular weight is 243 g/mol. The molecule has 0 saturated heterocycles. The molecule has 1 N–H and O–H groups in total. The maximum atomic E-state index is 11.2. The zero-order valence-electron chi connectivity index (χ0n) is 10.9. The third kappa shape index (κ3) is 8.30. The Morgan fingerprint density at radius 2 is 1.88 bits per heavy atom. The van der Waals surface area contributed by atoms with Crippen LogP contribution < -0.4 is 5.32 Å². The number of alkyl carbamates (subject to hydrolysis) is 1. The molecule has 0 aromatic carbocycles. The summed E-state index contributed by atoms with van der Waals surface area (Å²) in [6.45, 7) is 11.2. The van der Waals surface area contributed by atoms with Crippen LogP contribution in [0.5, 0.6) is 0 Å².